The van der Waals surface area contributed by atoms with Crippen molar-refractivity contribution in [2.75, 3.05) is 13.2 Å². The molecular weight excluding hydrogens is 290 g/mol. The van der Waals surface area contributed by atoms with Crippen molar-refractivity contribution >= 4 is 10.0 Å². The number of hydrogen-bond donors (Lipinski definition) is 1. The summed E-state index contributed by atoms with van der Waals surface area (Å²) in [7, 11) is -3.56. The largest absolute Gasteiger partial charge is 0.488 e. The molecule has 1 aromatic carbocycles. The molecule has 1 aromatic rings. The number of sulfonamides is 1. The Labute approximate surface area is 126 Å². The van der Waals surface area contributed by atoms with Gasteiger partial charge in [0.2, 0.25) is 10.0 Å². The van der Waals surface area contributed by atoms with Gasteiger partial charge in [-0.2, -0.15) is 0 Å². The summed E-state index contributed by atoms with van der Waals surface area (Å²) in [5.41, 5.74) is 0.923. The Balaban J connectivity index is 2.15. The van der Waals surface area contributed by atoms with E-state index in [0.717, 1.165) is 24.3 Å². The highest BCUT2D eigenvalue weighted by Crippen LogP contribution is 2.28. The first-order valence-corrected chi connectivity index (χ1v) is 8.88. The predicted octanol–water partition coefficient (Wildman–Crippen LogP) is 2.02. The summed E-state index contributed by atoms with van der Waals surface area (Å²) in [5.74, 6) is 0.576. The molecule has 0 saturated carbocycles. The first kappa shape index (κ1) is 16.3. The van der Waals surface area contributed by atoms with E-state index in [4.69, 9.17) is 14.6 Å². The fourth-order valence-corrected chi connectivity index (χ4v) is 3.95. The molecule has 0 bridgehead atoms. The van der Waals surface area contributed by atoms with Crippen LogP contribution in [0, 0.1) is 0 Å². The number of primary sulfonamides is 1. The van der Waals surface area contributed by atoms with Crippen LogP contribution >= 0.6 is 0 Å². The predicted molar refractivity (Wildman–Crippen MR) is 81.9 cm³/mol. The van der Waals surface area contributed by atoms with E-state index in [1.807, 2.05) is 38.1 Å². The zero-order valence-electron chi connectivity index (χ0n) is 12.5. The van der Waals surface area contributed by atoms with E-state index in [-0.39, 0.29) is 12.0 Å². The molecule has 1 aliphatic heterocycles. The molecule has 1 saturated heterocycles. The van der Waals surface area contributed by atoms with Gasteiger partial charge in [0.1, 0.15) is 11.9 Å². The van der Waals surface area contributed by atoms with Crippen molar-refractivity contribution in [3.05, 3.63) is 29.8 Å². The highest BCUT2D eigenvalue weighted by atomic mass is 32.2. The van der Waals surface area contributed by atoms with Crippen LogP contribution in [0.2, 0.25) is 0 Å². The maximum absolute atomic E-state index is 11.7. The second-order valence-electron chi connectivity index (χ2n) is 5.50. The van der Waals surface area contributed by atoms with Crippen molar-refractivity contribution in [2.45, 2.75) is 44.0 Å². The van der Waals surface area contributed by atoms with E-state index in [0.29, 0.717) is 13.0 Å². The molecule has 0 amide bonds. The van der Waals surface area contributed by atoms with Crippen molar-refractivity contribution in [3.63, 3.8) is 0 Å². The summed E-state index contributed by atoms with van der Waals surface area (Å²) in [5, 5.41) is 4.74. The first-order valence-electron chi connectivity index (χ1n) is 7.27. The quantitative estimate of drug-likeness (QED) is 0.871. The summed E-state index contributed by atoms with van der Waals surface area (Å²) in [6.45, 7) is 5.05. The van der Waals surface area contributed by atoms with Gasteiger partial charge >= 0.3 is 0 Å². The molecule has 3 atom stereocenters. The molecular formula is C15H23NO4S. The monoisotopic (exact) mass is 313 g/mol. The van der Waals surface area contributed by atoms with Gasteiger partial charge in [-0.05, 0) is 30.0 Å². The number of nitrogens with two attached hydrogens (primary N) is 1. The fraction of sp³-hybridized carbons (Fsp3) is 0.600. The minimum atomic E-state index is -3.56. The highest BCUT2D eigenvalue weighted by Gasteiger charge is 2.27. The number of benzene rings is 1. The molecule has 2 N–H and O–H groups in total. The van der Waals surface area contributed by atoms with Crippen molar-refractivity contribution < 1.29 is 17.9 Å². The van der Waals surface area contributed by atoms with Crippen LogP contribution < -0.4 is 9.88 Å². The van der Waals surface area contributed by atoms with Crippen LogP contribution in [0.1, 0.15) is 38.2 Å². The average Bonchev–Trinajstić information content (AvgIpc) is 2.91. The molecule has 118 valence electrons. The SMILES string of the molecule is CCC([C@H](C)c1cccc(O[C@@H]2CCOC2)c1)S(N)(=O)=O. The minimum Gasteiger partial charge on any atom is -0.488 e. The molecule has 0 radical (unpaired) electrons. The van der Waals surface area contributed by atoms with Gasteiger partial charge in [0.25, 0.3) is 0 Å². The van der Waals surface area contributed by atoms with E-state index < -0.39 is 15.3 Å². The molecule has 1 aliphatic rings. The zero-order valence-corrected chi connectivity index (χ0v) is 13.3. The number of hydrogen-bond acceptors (Lipinski definition) is 4. The molecule has 1 fully saturated rings. The molecule has 5 nitrogen and oxygen atoms in total. The topological polar surface area (TPSA) is 78.6 Å². The molecule has 6 heteroatoms. The maximum Gasteiger partial charge on any atom is 0.212 e. The van der Waals surface area contributed by atoms with E-state index in [1.54, 1.807) is 0 Å². The maximum atomic E-state index is 11.7. The summed E-state index contributed by atoms with van der Waals surface area (Å²) in [6.07, 6.45) is 1.45. The fourth-order valence-electron chi connectivity index (χ4n) is 2.75. The minimum absolute atomic E-state index is 0.0794. The second-order valence-corrected chi connectivity index (χ2v) is 7.28. The summed E-state index contributed by atoms with van der Waals surface area (Å²) in [4.78, 5) is 0. The Bertz CT molecular complexity index is 567. The van der Waals surface area contributed by atoms with Gasteiger partial charge < -0.3 is 9.47 Å². The van der Waals surface area contributed by atoms with Crippen LogP contribution in [-0.4, -0.2) is 33.0 Å². The number of ether oxygens (including phenoxy) is 2. The third-order valence-corrected chi connectivity index (χ3v) is 5.54. The molecule has 21 heavy (non-hydrogen) atoms. The highest BCUT2D eigenvalue weighted by molar-refractivity contribution is 7.89. The van der Waals surface area contributed by atoms with Gasteiger partial charge in [0.05, 0.1) is 18.5 Å². The molecule has 2 rings (SSSR count). The lowest BCUT2D eigenvalue weighted by atomic mass is 9.96. The van der Waals surface area contributed by atoms with E-state index in [2.05, 4.69) is 0 Å². The van der Waals surface area contributed by atoms with E-state index in [9.17, 15) is 8.42 Å². The Morgan fingerprint density at radius 2 is 2.24 bits per heavy atom. The zero-order chi connectivity index (χ0) is 15.5. The Morgan fingerprint density at radius 1 is 1.48 bits per heavy atom. The number of rotatable bonds is 6. The first-order chi connectivity index (χ1) is 9.91. The van der Waals surface area contributed by atoms with Crippen LogP contribution in [-0.2, 0) is 14.8 Å². The van der Waals surface area contributed by atoms with Gasteiger partial charge in [0, 0.05) is 6.42 Å². The van der Waals surface area contributed by atoms with Crippen LogP contribution in [0.25, 0.3) is 0 Å². The smallest absolute Gasteiger partial charge is 0.212 e. The van der Waals surface area contributed by atoms with Gasteiger partial charge in [-0.1, -0.05) is 26.0 Å². The lowest BCUT2D eigenvalue weighted by molar-refractivity contribution is 0.141. The van der Waals surface area contributed by atoms with Crippen LogP contribution in [0.3, 0.4) is 0 Å². The second kappa shape index (κ2) is 6.77. The van der Waals surface area contributed by atoms with Crippen LogP contribution in [0.4, 0.5) is 0 Å². The van der Waals surface area contributed by atoms with E-state index in [1.165, 1.54) is 0 Å². The van der Waals surface area contributed by atoms with Crippen molar-refractivity contribution in [1.82, 2.24) is 0 Å². The average molecular weight is 313 g/mol. The molecule has 0 spiro atoms. The molecule has 0 aromatic heterocycles. The Kier molecular flexibility index (Phi) is 5.24. The van der Waals surface area contributed by atoms with Gasteiger partial charge in [0.15, 0.2) is 0 Å². The standard InChI is InChI=1S/C15H23NO4S/c1-3-15(21(16,17)18)11(2)12-5-4-6-13(9-12)20-14-7-8-19-10-14/h4-6,9,11,14-15H,3,7-8,10H2,1-2H3,(H2,16,17,18)/t11-,14-,15?/m1/s1. The Morgan fingerprint density at radius 3 is 2.81 bits per heavy atom. The Hall–Kier alpha value is -1.11. The normalized spacial score (nSPS) is 22.0. The third-order valence-electron chi connectivity index (χ3n) is 3.96. The molecule has 1 heterocycles. The third kappa shape index (κ3) is 4.18. The van der Waals surface area contributed by atoms with Crippen molar-refractivity contribution in [2.24, 2.45) is 5.14 Å². The van der Waals surface area contributed by atoms with Gasteiger partial charge in [-0.15, -0.1) is 0 Å². The lowest BCUT2D eigenvalue weighted by Crippen LogP contribution is -2.32. The molecule has 1 unspecified atom stereocenters. The van der Waals surface area contributed by atoms with E-state index >= 15 is 0 Å². The summed E-state index contributed by atoms with van der Waals surface area (Å²) < 4.78 is 34.5. The van der Waals surface area contributed by atoms with Crippen LogP contribution in [0.5, 0.6) is 5.75 Å². The molecule has 0 aliphatic carbocycles. The van der Waals surface area contributed by atoms with Gasteiger partial charge in [-0.25, -0.2) is 13.6 Å². The summed E-state index contributed by atoms with van der Waals surface area (Å²) in [6, 6.07) is 7.58. The lowest BCUT2D eigenvalue weighted by Gasteiger charge is -2.22. The van der Waals surface area contributed by atoms with Crippen molar-refractivity contribution in [1.29, 1.82) is 0 Å². The summed E-state index contributed by atoms with van der Waals surface area (Å²) >= 11 is 0. The van der Waals surface area contributed by atoms with Crippen molar-refractivity contribution in [3.8, 4) is 5.75 Å². The van der Waals surface area contributed by atoms with Gasteiger partial charge in [-0.3, -0.25) is 0 Å². The van der Waals surface area contributed by atoms with Crippen LogP contribution in [0.15, 0.2) is 24.3 Å².